The molecule has 0 aromatic heterocycles. The van der Waals surface area contributed by atoms with Gasteiger partial charge in [0.25, 0.3) is 10.1 Å². The highest BCUT2D eigenvalue weighted by Gasteiger charge is 2.14. The number of hydrogen-bond donors (Lipinski definition) is 2. The summed E-state index contributed by atoms with van der Waals surface area (Å²) < 4.78 is 54.5. The van der Waals surface area contributed by atoms with Crippen LogP contribution in [0.4, 0.5) is 0 Å². The van der Waals surface area contributed by atoms with Crippen molar-refractivity contribution in [2.75, 3.05) is 7.05 Å². The SMILES string of the molecule is CNS(=O)(=O)c1ccc(S(=O)(=O)O)cc1.Cl. The second-order valence-corrected chi connectivity index (χ2v) is 5.96. The third-order valence-electron chi connectivity index (χ3n) is 1.70. The molecule has 6 nitrogen and oxygen atoms in total. The molecule has 1 aromatic rings. The predicted molar refractivity (Wildman–Crippen MR) is 59.8 cm³/mol. The standard InChI is InChI=1S/C7H9NO5S2.ClH/c1-8-14(9,10)6-2-4-7(5-3-6)15(11,12)13;/h2-5,8H,1H3,(H,11,12,13);1H. The van der Waals surface area contributed by atoms with Crippen LogP contribution in [0.25, 0.3) is 0 Å². The Morgan fingerprint density at radius 2 is 1.38 bits per heavy atom. The lowest BCUT2D eigenvalue weighted by Gasteiger charge is -2.02. The topological polar surface area (TPSA) is 101 Å². The Balaban J connectivity index is 0.00000225. The van der Waals surface area contributed by atoms with Gasteiger partial charge in [0.2, 0.25) is 10.0 Å². The maximum Gasteiger partial charge on any atom is 0.294 e. The van der Waals surface area contributed by atoms with Crippen LogP contribution >= 0.6 is 12.4 Å². The number of hydrogen-bond acceptors (Lipinski definition) is 4. The average molecular weight is 288 g/mol. The van der Waals surface area contributed by atoms with Crippen LogP contribution in [-0.2, 0) is 20.1 Å². The number of benzene rings is 1. The van der Waals surface area contributed by atoms with Gasteiger partial charge in [0.1, 0.15) is 0 Å². The third-order valence-corrected chi connectivity index (χ3v) is 4.00. The second-order valence-electron chi connectivity index (χ2n) is 2.65. The summed E-state index contributed by atoms with van der Waals surface area (Å²) in [6, 6.07) is 4.21. The van der Waals surface area contributed by atoms with E-state index in [4.69, 9.17) is 4.55 Å². The summed E-state index contributed by atoms with van der Waals surface area (Å²) >= 11 is 0. The molecule has 0 aliphatic heterocycles. The van der Waals surface area contributed by atoms with Crippen LogP contribution in [0.1, 0.15) is 0 Å². The van der Waals surface area contributed by atoms with Crippen molar-refractivity contribution in [3.05, 3.63) is 24.3 Å². The molecule has 16 heavy (non-hydrogen) atoms. The average Bonchev–Trinajstić information content (AvgIpc) is 2.17. The van der Waals surface area contributed by atoms with Crippen LogP contribution in [-0.4, -0.2) is 28.4 Å². The summed E-state index contributed by atoms with van der Waals surface area (Å²) in [6.45, 7) is 0. The predicted octanol–water partition coefficient (Wildman–Crippen LogP) is 0.263. The zero-order valence-electron chi connectivity index (χ0n) is 8.11. The van der Waals surface area contributed by atoms with Gasteiger partial charge in [-0.2, -0.15) is 8.42 Å². The molecule has 0 heterocycles. The molecule has 0 saturated heterocycles. The summed E-state index contributed by atoms with van der Waals surface area (Å²) in [5, 5.41) is 0. The highest BCUT2D eigenvalue weighted by Crippen LogP contribution is 2.13. The molecule has 2 N–H and O–H groups in total. The van der Waals surface area contributed by atoms with Crippen molar-refractivity contribution in [2.45, 2.75) is 9.79 Å². The molecule has 1 aromatic carbocycles. The zero-order valence-corrected chi connectivity index (χ0v) is 10.6. The molecule has 1 rings (SSSR count). The van der Waals surface area contributed by atoms with Crippen LogP contribution in [0.5, 0.6) is 0 Å². The molecular weight excluding hydrogens is 278 g/mol. The van der Waals surface area contributed by atoms with Gasteiger partial charge in [-0.1, -0.05) is 0 Å². The van der Waals surface area contributed by atoms with Gasteiger partial charge in [-0.25, -0.2) is 13.1 Å². The van der Waals surface area contributed by atoms with Crippen LogP contribution in [0.2, 0.25) is 0 Å². The largest absolute Gasteiger partial charge is 0.294 e. The summed E-state index contributed by atoms with van der Waals surface area (Å²) in [6.07, 6.45) is 0. The van der Waals surface area contributed by atoms with E-state index in [2.05, 4.69) is 4.72 Å². The molecule has 0 amide bonds. The van der Waals surface area contributed by atoms with E-state index in [1.807, 2.05) is 0 Å². The van der Waals surface area contributed by atoms with E-state index in [1.54, 1.807) is 0 Å². The van der Waals surface area contributed by atoms with Crippen LogP contribution < -0.4 is 4.72 Å². The molecule has 0 fully saturated rings. The van der Waals surface area contributed by atoms with Crippen LogP contribution in [0.3, 0.4) is 0 Å². The molecule has 0 aliphatic rings. The minimum atomic E-state index is -4.29. The van der Waals surface area contributed by atoms with Gasteiger partial charge in [-0.15, -0.1) is 12.4 Å². The zero-order chi connectivity index (χ0) is 11.7. The Labute approximate surface area is 99.9 Å². The summed E-state index contributed by atoms with van der Waals surface area (Å²) in [7, 11) is -6.63. The Bertz CT molecular complexity index is 549. The van der Waals surface area contributed by atoms with Gasteiger partial charge in [0.15, 0.2) is 0 Å². The molecule has 92 valence electrons. The molecule has 9 heteroatoms. The molecule has 0 saturated carbocycles. The Hall–Kier alpha value is -0.670. The molecule has 0 radical (unpaired) electrons. The fourth-order valence-electron chi connectivity index (χ4n) is 0.909. The first-order chi connectivity index (χ1) is 6.77. The molecule has 0 unspecified atom stereocenters. The first-order valence-corrected chi connectivity index (χ1v) is 6.71. The van der Waals surface area contributed by atoms with Crippen LogP contribution in [0.15, 0.2) is 34.1 Å². The Kier molecular flexibility index (Phi) is 4.89. The van der Waals surface area contributed by atoms with Crippen molar-refractivity contribution in [1.29, 1.82) is 0 Å². The Morgan fingerprint density at radius 1 is 1.00 bits per heavy atom. The minimum Gasteiger partial charge on any atom is -0.282 e. The van der Waals surface area contributed by atoms with Gasteiger partial charge in [-0.05, 0) is 31.3 Å². The van der Waals surface area contributed by atoms with Crippen molar-refractivity contribution < 1.29 is 21.4 Å². The van der Waals surface area contributed by atoms with Crippen molar-refractivity contribution in [3.8, 4) is 0 Å². The normalized spacial score (nSPS) is 11.9. The fourth-order valence-corrected chi connectivity index (χ4v) is 2.12. The fraction of sp³-hybridized carbons (Fsp3) is 0.143. The lowest BCUT2D eigenvalue weighted by atomic mass is 10.4. The lowest BCUT2D eigenvalue weighted by Crippen LogP contribution is -2.18. The van der Waals surface area contributed by atoms with E-state index < -0.39 is 20.1 Å². The third kappa shape index (κ3) is 3.42. The van der Waals surface area contributed by atoms with E-state index in [-0.39, 0.29) is 22.2 Å². The van der Waals surface area contributed by atoms with E-state index in [9.17, 15) is 16.8 Å². The van der Waals surface area contributed by atoms with Crippen molar-refractivity contribution >= 4 is 32.5 Å². The first-order valence-electron chi connectivity index (χ1n) is 3.78. The van der Waals surface area contributed by atoms with E-state index >= 15 is 0 Å². The van der Waals surface area contributed by atoms with Crippen molar-refractivity contribution in [1.82, 2.24) is 4.72 Å². The summed E-state index contributed by atoms with van der Waals surface area (Å²) in [5.74, 6) is 0. The minimum absolute atomic E-state index is 0. The quantitative estimate of drug-likeness (QED) is 0.777. The van der Waals surface area contributed by atoms with Crippen molar-refractivity contribution in [3.63, 3.8) is 0 Å². The molecule has 0 atom stereocenters. The highest BCUT2D eigenvalue weighted by atomic mass is 35.5. The van der Waals surface area contributed by atoms with E-state index in [0.717, 1.165) is 24.3 Å². The van der Waals surface area contributed by atoms with Gasteiger partial charge in [0, 0.05) is 0 Å². The second kappa shape index (κ2) is 5.11. The van der Waals surface area contributed by atoms with Gasteiger partial charge in [0.05, 0.1) is 9.79 Å². The van der Waals surface area contributed by atoms with Crippen molar-refractivity contribution in [2.24, 2.45) is 0 Å². The first kappa shape index (κ1) is 15.3. The lowest BCUT2D eigenvalue weighted by molar-refractivity contribution is 0.483. The molecular formula is C7H10ClNO5S2. The highest BCUT2D eigenvalue weighted by molar-refractivity contribution is 7.89. The number of sulfonamides is 1. The maximum atomic E-state index is 11.2. The summed E-state index contributed by atoms with van der Waals surface area (Å²) in [4.78, 5) is -0.421. The van der Waals surface area contributed by atoms with Gasteiger partial charge in [-0.3, -0.25) is 4.55 Å². The Morgan fingerprint density at radius 3 is 1.69 bits per heavy atom. The molecule has 0 bridgehead atoms. The number of halogens is 1. The molecule has 0 aliphatic carbocycles. The monoisotopic (exact) mass is 287 g/mol. The van der Waals surface area contributed by atoms with Crippen LogP contribution in [0, 0.1) is 0 Å². The number of rotatable bonds is 3. The van der Waals surface area contributed by atoms with E-state index in [0.29, 0.717) is 0 Å². The van der Waals surface area contributed by atoms with Gasteiger partial charge >= 0.3 is 0 Å². The number of nitrogens with one attached hydrogen (secondary N) is 1. The maximum absolute atomic E-state index is 11.2. The van der Waals surface area contributed by atoms with E-state index in [1.165, 1.54) is 7.05 Å². The smallest absolute Gasteiger partial charge is 0.282 e. The molecule has 0 spiro atoms. The summed E-state index contributed by atoms with van der Waals surface area (Å²) in [5.41, 5.74) is 0. The van der Waals surface area contributed by atoms with Gasteiger partial charge < -0.3 is 0 Å².